The molecule has 2 aliphatic rings. The summed E-state index contributed by atoms with van der Waals surface area (Å²) in [4.78, 5) is 14.7. The van der Waals surface area contributed by atoms with Gasteiger partial charge in [-0.3, -0.25) is 4.79 Å². The first-order valence-corrected chi connectivity index (χ1v) is 10.3. The van der Waals surface area contributed by atoms with Gasteiger partial charge in [-0.2, -0.15) is 0 Å². The van der Waals surface area contributed by atoms with E-state index < -0.39 is 32.6 Å². The maximum atomic E-state index is 13.4. The Hall–Kier alpha value is -2.54. The molecular formula is C20H21NO5S. The van der Waals surface area contributed by atoms with Gasteiger partial charge in [-0.05, 0) is 37.3 Å². The van der Waals surface area contributed by atoms with Gasteiger partial charge in [0, 0.05) is 24.9 Å². The first-order valence-electron chi connectivity index (χ1n) is 8.71. The molecule has 2 aromatic rings. The summed E-state index contributed by atoms with van der Waals surface area (Å²) in [6.07, 6.45) is 0.395. The lowest BCUT2D eigenvalue weighted by Gasteiger charge is -2.51. The van der Waals surface area contributed by atoms with Crippen molar-refractivity contribution in [1.29, 1.82) is 0 Å². The molecule has 0 unspecified atom stereocenters. The van der Waals surface area contributed by atoms with Gasteiger partial charge in [-0.15, -0.1) is 0 Å². The van der Waals surface area contributed by atoms with Gasteiger partial charge in [0.2, 0.25) is 5.91 Å². The number of hydrogen-bond acceptors (Lipinski definition) is 5. The summed E-state index contributed by atoms with van der Waals surface area (Å²) in [7, 11) is -0.725. The highest BCUT2D eigenvalue weighted by atomic mass is 32.2. The number of methoxy groups -OCH3 is 1. The number of hydrogen-bond donors (Lipinski definition) is 0. The smallest absolute Gasteiger partial charge is 0.244 e. The second-order valence-electron chi connectivity index (χ2n) is 7.17. The molecule has 4 rings (SSSR count). The van der Waals surface area contributed by atoms with Gasteiger partial charge in [-0.1, -0.05) is 18.2 Å². The zero-order valence-electron chi connectivity index (χ0n) is 15.4. The summed E-state index contributed by atoms with van der Waals surface area (Å²) < 4.78 is 38.2. The van der Waals surface area contributed by atoms with Crippen LogP contribution in [0.3, 0.4) is 0 Å². The lowest BCUT2D eigenvalue weighted by molar-refractivity contribution is -0.159. The molecule has 2 bridgehead atoms. The van der Waals surface area contributed by atoms with Crippen LogP contribution in [0.1, 0.15) is 24.8 Å². The van der Waals surface area contributed by atoms with E-state index in [4.69, 9.17) is 9.47 Å². The average molecular weight is 387 g/mol. The number of benzene rings is 2. The average Bonchev–Trinajstić information content (AvgIpc) is 2.66. The van der Waals surface area contributed by atoms with E-state index in [0.717, 1.165) is 0 Å². The van der Waals surface area contributed by atoms with Crippen LogP contribution in [-0.4, -0.2) is 44.4 Å². The van der Waals surface area contributed by atoms with Gasteiger partial charge in [0.05, 0.1) is 12.0 Å². The molecule has 1 amide bonds. The van der Waals surface area contributed by atoms with Crippen molar-refractivity contribution >= 4 is 15.7 Å². The second kappa shape index (κ2) is 5.99. The molecule has 0 N–H and O–H groups in total. The standard InChI is InChI=1S/C20H21NO5S/c1-20-12-16(15-11-13(25-3)9-10-17(15)26-20)18(19(22)21(20)2)27(23,24)14-7-5-4-6-8-14/h4-11,16,18H,12H2,1-3H3/t16-,18-,20-/m0/s1. The third-order valence-corrected chi connectivity index (χ3v) is 7.73. The van der Waals surface area contributed by atoms with E-state index in [2.05, 4.69) is 0 Å². The SMILES string of the molecule is COc1ccc2c(c1)[C@@H]1C[C@](C)(O2)N(C)C(=O)[C@H]1S(=O)(=O)c1ccccc1. The van der Waals surface area contributed by atoms with Crippen molar-refractivity contribution in [3.05, 3.63) is 54.1 Å². The van der Waals surface area contributed by atoms with Crippen molar-refractivity contribution in [3.63, 3.8) is 0 Å². The molecule has 0 saturated carbocycles. The predicted octanol–water partition coefficient (Wildman–Crippen LogP) is 2.59. The molecule has 6 nitrogen and oxygen atoms in total. The third-order valence-electron chi connectivity index (χ3n) is 5.60. The van der Waals surface area contributed by atoms with E-state index >= 15 is 0 Å². The van der Waals surface area contributed by atoms with Crippen LogP contribution < -0.4 is 9.47 Å². The zero-order chi connectivity index (χ0) is 19.4. The monoisotopic (exact) mass is 387 g/mol. The minimum atomic E-state index is -3.87. The molecule has 2 heterocycles. The molecule has 1 fully saturated rings. The number of carbonyl (C=O) groups excluding carboxylic acids is 1. The summed E-state index contributed by atoms with van der Waals surface area (Å²) >= 11 is 0. The van der Waals surface area contributed by atoms with Gasteiger partial charge in [0.1, 0.15) is 11.5 Å². The highest BCUT2D eigenvalue weighted by Gasteiger charge is 2.57. The summed E-state index contributed by atoms with van der Waals surface area (Å²) in [6, 6.07) is 13.4. The van der Waals surface area contributed by atoms with Crippen molar-refractivity contribution in [1.82, 2.24) is 4.90 Å². The lowest BCUT2D eigenvalue weighted by Crippen LogP contribution is -2.64. The summed E-state index contributed by atoms with van der Waals surface area (Å²) in [6.45, 7) is 1.82. The minimum absolute atomic E-state index is 0.149. The molecule has 2 aliphatic heterocycles. The van der Waals surface area contributed by atoms with E-state index in [-0.39, 0.29) is 4.90 Å². The molecule has 27 heavy (non-hydrogen) atoms. The Morgan fingerprint density at radius 2 is 1.89 bits per heavy atom. The van der Waals surface area contributed by atoms with Crippen LogP contribution in [0, 0.1) is 0 Å². The van der Waals surface area contributed by atoms with Gasteiger partial charge in [0.25, 0.3) is 0 Å². The number of fused-ring (bicyclic) bond motifs is 4. The number of nitrogens with zero attached hydrogens (tertiary/aromatic N) is 1. The molecule has 1 saturated heterocycles. The fraction of sp³-hybridized carbons (Fsp3) is 0.350. The fourth-order valence-corrected chi connectivity index (χ4v) is 5.94. The molecule has 2 aromatic carbocycles. The molecule has 0 aromatic heterocycles. The van der Waals surface area contributed by atoms with Crippen molar-refractivity contribution in [2.45, 2.75) is 35.1 Å². The molecule has 0 spiro atoms. The molecule has 3 atom stereocenters. The summed E-state index contributed by atoms with van der Waals surface area (Å²) in [5.41, 5.74) is -0.191. The van der Waals surface area contributed by atoms with Crippen molar-refractivity contribution in [3.8, 4) is 11.5 Å². The Kier molecular flexibility index (Phi) is 3.96. The Morgan fingerprint density at radius 1 is 1.19 bits per heavy atom. The van der Waals surface area contributed by atoms with E-state index in [9.17, 15) is 13.2 Å². The molecule has 142 valence electrons. The van der Waals surface area contributed by atoms with Crippen LogP contribution in [-0.2, 0) is 14.6 Å². The number of rotatable bonds is 3. The summed E-state index contributed by atoms with van der Waals surface area (Å²) in [5.74, 6) is 0.221. The number of ether oxygens (including phenoxy) is 2. The maximum absolute atomic E-state index is 13.4. The third kappa shape index (κ3) is 2.60. The Morgan fingerprint density at radius 3 is 2.56 bits per heavy atom. The maximum Gasteiger partial charge on any atom is 0.244 e. The van der Waals surface area contributed by atoms with Crippen LogP contribution in [0.25, 0.3) is 0 Å². The van der Waals surface area contributed by atoms with Gasteiger partial charge >= 0.3 is 0 Å². The topological polar surface area (TPSA) is 72.9 Å². The van der Waals surface area contributed by atoms with Gasteiger partial charge in [-0.25, -0.2) is 8.42 Å². The van der Waals surface area contributed by atoms with Gasteiger partial charge in [0.15, 0.2) is 20.8 Å². The molecular weight excluding hydrogens is 366 g/mol. The molecule has 7 heteroatoms. The minimum Gasteiger partial charge on any atom is -0.497 e. The van der Waals surface area contributed by atoms with E-state index in [1.807, 2.05) is 6.92 Å². The van der Waals surface area contributed by atoms with Crippen LogP contribution >= 0.6 is 0 Å². The number of likely N-dealkylation sites (tertiary alicyclic amines) is 1. The zero-order valence-corrected chi connectivity index (χ0v) is 16.2. The first kappa shape index (κ1) is 17.9. The quantitative estimate of drug-likeness (QED) is 0.809. The fourth-order valence-electron chi connectivity index (χ4n) is 4.01. The van der Waals surface area contributed by atoms with Crippen LogP contribution in [0.2, 0.25) is 0 Å². The van der Waals surface area contributed by atoms with E-state index in [1.165, 1.54) is 17.0 Å². The van der Waals surface area contributed by atoms with Crippen molar-refractivity contribution in [2.24, 2.45) is 0 Å². The normalized spacial score (nSPS) is 26.9. The largest absolute Gasteiger partial charge is 0.497 e. The highest BCUT2D eigenvalue weighted by molar-refractivity contribution is 7.92. The van der Waals surface area contributed by atoms with Crippen molar-refractivity contribution in [2.75, 3.05) is 14.2 Å². The lowest BCUT2D eigenvalue weighted by atomic mass is 9.80. The first-order chi connectivity index (χ1) is 12.8. The van der Waals surface area contributed by atoms with Gasteiger partial charge < -0.3 is 14.4 Å². The second-order valence-corrected chi connectivity index (χ2v) is 9.24. The Bertz CT molecular complexity index is 1000. The number of carbonyl (C=O) groups is 1. The van der Waals surface area contributed by atoms with E-state index in [0.29, 0.717) is 23.5 Å². The van der Waals surface area contributed by atoms with Crippen LogP contribution in [0.4, 0.5) is 0 Å². The van der Waals surface area contributed by atoms with Crippen molar-refractivity contribution < 1.29 is 22.7 Å². The number of piperidine rings is 1. The number of sulfone groups is 1. The molecule has 0 radical (unpaired) electrons. The Labute approximate surface area is 158 Å². The Balaban J connectivity index is 1.91. The number of amides is 1. The summed E-state index contributed by atoms with van der Waals surface area (Å²) in [5, 5.41) is -1.20. The van der Waals surface area contributed by atoms with Crippen LogP contribution in [0.5, 0.6) is 11.5 Å². The molecule has 0 aliphatic carbocycles. The van der Waals surface area contributed by atoms with E-state index in [1.54, 1.807) is 50.6 Å². The predicted molar refractivity (Wildman–Crippen MR) is 99.6 cm³/mol. The highest BCUT2D eigenvalue weighted by Crippen LogP contribution is 2.50. The van der Waals surface area contributed by atoms with Crippen LogP contribution in [0.15, 0.2) is 53.4 Å².